The summed E-state index contributed by atoms with van der Waals surface area (Å²) in [4.78, 5) is 12.0. The molecule has 6 heteroatoms. The fourth-order valence-electron chi connectivity index (χ4n) is 1.71. The van der Waals surface area contributed by atoms with Gasteiger partial charge in [-0.2, -0.15) is 0 Å². The lowest BCUT2D eigenvalue weighted by Gasteiger charge is -2.24. The van der Waals surface area contributed by atoms with Gasteiger partial charge in [-0.25, -0.2) is 0 Å². The first kappa shape index (κ1) is 16.0. The standard InChI is InChI=1S/C14H21N3O3/c1-4-20-14(2,3)9-16-13(18)11-7-5-6-10(8-11)12(15)17-19/h5-8,19H,4,9H2,1-3H3,(H2,15,17)(H,16,18). The number of rotatable bonds is 6. The van der Waals surface area contributed by atoms with Crippen molar-refractivity contribution in [1.82, 2.24) is 5.32 Å². The van der Waals surface area contributed by atoms with Crippen LogP contribution in [0.1, 0.15) is 36.7 Å². The van der Waals surface area contributed by atoms with E-state index < -0.39 is 5.60 Å². The Kier molecular flexibility index (Phi) is 5.52. The summed E-state index contributed by atoms with van der Waals surface area (Å²) in [6.07, 6.45) is 0. The Bertz CT molecular complexity index is 498. The van der Waals surface area contributed by atoms with E-state index in [1.165, 1.54) is 0 Å². The van der Waals surface area contributed by atoms with Gasteiger partial charge in [0.15, 0.2) is 5.84 Å². The molecule has 4 N–H and O–H groups in total. The first-order chi connectivity index (χ1) is 9.39. The first-order valence-corrected chi connectivity index (χ1v) is 6.39. The molecular weight excluding hydrogens is 258 g/mol. The minimum absolute atomic E-state index is 0.0331. The zero-order valence-corrected chi connectivity index (χ0v) is 12.0. The van der Waals surface area contributed by atoms with Crippen molar-refractivity contribution in [3.8, 4) is 0 Å². The maximum absolute atomic E-state index is 12.0. The number of oxime groups is 1. The molecule has 0 fully saturated rings. The lowest BCUT2D eigenvalue weighted by Crippen LogP contribution is -2.40. The van der Waals surface area contributed by atoms with Gasteiger partial charge in [0.2, 0.25) is 0 Å². The third-order valence-electron chi connectivity index (χ3n) is 2.74. The predicted octanol–water partition coefficient (Wildman–Crippen LogP) is 1.33. The number of nitrogens with zero attached hydrogens (tertiary/aromatic N) is 1. The number of nitrogens with two attached hydrogens (primary N) is 1. The van der Waals surface area contributed by atoms with Crippen LogP contribution in [0.25, 0.3) is 0 Å². The van der Waals surface area contributed by atoms with E-state index in [4.69, 9.17) is 15.7 Å². The number of amides is 1. The summed E-state index contributed by atoms with van der Waals surface area (Å²) in [5.74, 6) is -0.264. The summed E-state index contributed by atoms with van der Waals surface area (Å²) in [5, 5.41) is 14.3. The SMILES string of the molecule is CCOC(C)(C)CNC(=O)c1cccc(/C(N)=N/O)c1. The number of hydrogen-bond acceptors (Lipinski definition) is 4. The number of carbonyl (C=O) groups is 1. The van der Waals surface area contributed by atoms with Crippen LogP contribution in [0.5, 0.6) is 0 Å². The molecule has 0 saturated heterocycles. The minimum Gasteiger partial charge on any atom is -0.409 e. The summed E-state index contributed by atoms with van der Waals surface area (Å²) < 4.78 is 5.51. The van der Waals surface area contributed by atoms with Crippen LogP contribution in [0.2, 0.25) is 0 Å². The second-order valence-electron chi connectivity index (χ2n) is 4.94. The zero-order valence-electron chi connectivity index (χ0n) is 12.0. The highest BCUT2D eigenvalue weighted by molar-refractivity contribution is 6.01. The maximum Gasteiger partial charge on any atom is 0.251 e. The Morgan fingerprint density at radius 2 is 2.10 bits per heavy atom. The molecular formula is C14H21N3O3. The smallest absolute Gasteiger partial charge is 0.251 e. The summed E-state index contributed by atoms with van der Waals surface area (Å²) >= 11 is 0. The molecule has 20 heavy (non-hydrogen) atoms. The summed E-state index contributed by atoms with van der Waals surface area (Å²) in [6.45, 7) is 6.70. The highest BCUT2D eigenvalue weighted by Gasteiger charge is 2.19. The lowest BCUT2D eigenvalue weighted by atomic mass is 10.1. The molecule has 0 aliphatic rings. The normalized spacial score (nSPS) is 12.2. The average molecular weight is 279 g/mol. The predicted molar refractivity (Wildman–Crippen MR) is 77.0 cm³/mol. The van der Waals surface area contributed by atoms with Gasteiger partial charge in [0.05, 0.1) is 5.60 Å². The van der Waals surface area contributed by atoms with Gasteiger partial charge in [-0.1, -0.05) is 17.3 Å². The van der Waals surface area contributed by atoms with Gasteiger partial charge in [0.1, 0.15) is 0 Å². The highest BCUT2D eigenvalue weighted by Crippen LogP contribution is 2.09. The van der Waals surface area contributed by atoms with Crippen LogP contribution in [0, 0.1) is 0 Å². The molecule has 0 heterocycles. The topological polar surface area (TPSA) is 96.9 Å². The average Bonchev–Trinajstić information content (AvgIpc) is 2.44. The quantitative estimate of drug-likeness (QED) is 0.317. The van der Waals surface area contributed by atoms with Crippen molar-refractivity contribution in [3.05, 3.63) is 35.4 Å². The maximum atomic E-state index is 12.0. The van der Waals surface area contributed by atoms with E-state index in [9.17, 15) is 4.79 Å². The third-order valence-corrected chi connectivity index (χ3v) is 2.74. The molecule has 0 aliphatic carbocycles. The van der Waals surface area contributed by atoms with Crippen LogP contribution in [-0.2, 0) is 4.74 Å². The molecule has 1 rings (SSSR count). The van der Waals surface area contributed by atoms with Gasteiger partial charge in [-0.05, 0) is 32.9 Å². The second-order valence-corrected chi connectivity index (χ2v) is 4.94. The Morgan fingerprint density at radius 1 is 1.45 bits per heavy atom. The van der Waals surface area contributed by atoms with Crippen LogP contribution >= 0.6 is 0 Å². The number of amidine groups is 1. The molecule has 110 valence electrons. The molecule has 0 aliphatic heterocycles. The largest absolute Gasteiger partial charge is 0.409 e. The monoisotopic (exact) mass is 279 g/mol. The Balaban J connectivity index is 2.73. The van der Waals surface area contributed by atoms with Gasteiger partial charge in [0.25, 0.3) is 5.91 Å². The van der Waals surface area contributed by atoms with Gasteiger partial charge < -0.3 is 21.0 Å². The second kappa shape index (κ2) is 6.91. The van der Waals surface area contributed by atoms with E-state index in [-0.39, 0.29) is 11.7 Å². The van der Waals surface area contributed by atoms with Crippen LogP contribution in [0.15, 0.2) is 29.4 Å². The molecule has 6 nitrogen and oxygen atoms in total. The fraction of sp³-hybridized carbons (Fsp3) is 0.429. The lowest BCUT2D eigenvalue weighted by molar-refractivity contribution is -0.00815. The molecule has 1 aromatic rings. The first-order valence-electron chi connectivity index (χ1n) is 6.39. The minimum atomic E-state index is -0.423. The zero-order chi connectivity index (χ0) is 15.2. The van der Waals surface area contributed by atoms with Crippen LogP contribution in [0.4, 0.5) is 0 Å². The molecule has 0 unspecified atom stereocenters. The van der Waals surface area contributed by atoms with Crippen molar-refractivity contribution in [2.75, 3.05) is 13.2 Å². The van der Waals surface area contributed by atoms with Crippen molar-refractivity contribution < 1.29 is 14.7 Å². The Hall–Kier alpha value is -2.08. The van der Waals surface area contributed by atoms with Crippen LogP contribution in [-0.4, -0.2) is 35.7 Å². The van der Waals surface area contributed by atoms with E-state index in [1.807, 2.05) is 20.8 Å². The molecule has 1 amide bonds. The molecule has 0 bridgehead atoms. The van der Waals surface area contributed by atoms with Gasteiger partial charge in [-0.3, -0.25) is 4.79 Å². The Morgan fingerprint density at radius 3 is 2.70 bits per heavy atom. The number of benzene rings is 1. The van der Waals surface area contributed by atoms with Crippen LogP contribution < -0.4 is 11.1 Å². The molecule has 0 radical (unpaired) electrons. The van der Waals surface area contributed by atoms with Crippen molar-refractivity contribution in [3.63, 3.8) is 0 Å². The Labute approximate surface area is 118 Å². The number of hydrogen-bond donors (Lipinski definition) is 3. The molecule has 0 saturated carbocycles. The molecule has 1 aromatic carbocycles. The third kappa shape index (κ3) is 4.55. The fourth-order valence-corrected chi connectivity index (χ4v) is 1.71. The summed E-state index contributed by atoms with van der Waals surface area (Å²) in [5.41, 5.74) is 6.01. The van der Waals surface area contributed by atoms with Crippen LogP contribution in [0.3, 0.4) is 0 Å². The van der Waals surface area contributed by atoms with Crippen molar-refractivity contribution >= 4 is 11.7 Å². The van der Waals surface area contributed by atoms with E-state index in [2.05, 4.69) is 10.5 Å². The van der Waals surface area contributed by atoms with E-state index in [1.54, 1.807) is 24.3 Å². The number of carbonyl (C=O) groups excluding carboxylic acids is 1. The van der Waals surface area contributed by atoms with E-state index in [0.29, 0.717) is 24.3 Å². The number of ether oxygens (including phenoxy) is 1. The van der Waals surface area contributed by atoms with Crippen molar-refractivity contribution in [2.24, 2.45) is 10.9 Å². The van der Waals surface area contributed by atoms with Gasteiger partial charge >= 0.3 is 0 Å². The van der Waals surface area contributed by atoms with Gasteiger partial charge in [0, 0.05) is 24.3 Å². The molecule has 0 atom stereocenters. The number of nitrogens with one attached hydrogen (secondary N) is 1. The van der Waals surface area contributed by atoms with Crippen molar-refractivity contribution in [1.29, 1.82) is 0 Å². The molecule has 0 aromatic heterocycles. The van der Waals surface area contributed by atoms with E-state index >= 15 is 0 Å². The van der Waals surface area contributed by atoms with Crippen molar-refractivity contribution in [2.45, 2.75) is 26.4 Å². The van der Waals surface area contributed by atoms with E-state index in [0.717, 1.165) is 0 Å². The summed E-state index contributed by atoms with van der Waals surface area (Å²) in [7, 11) is 0. The molecule has 0 spiro atoms. The van der Waals surface area contributed by atoms with Gasteiger partial charge in [-0.15, -0.1) is 0 Å². The summed E-state index contributed by atoms with van der Waals surface area (Å²) in [6, 6.07) is 6.57. The highest BCUT2D eigenvalue weighted by atomic mass is 16.5.